The fraction of sp³-hybridized carbons (Fsp3) is 0.350. The second-order valence-electron chi connectivity index (χ2n) is 6.32. The van der Waals surface area contributed by atoms with E-state index in [9.17, 15) is 13.6 Å². The molecule has 1 amide bonds. The molecule has 1 heterocycles. The zero-order chi connectivity index (χ0) is 18.4. The van der Waals surface area contributed by atoms with Gasteiger partial charge in [-0.15, -0.1) is 0 Å². The second-order valence-corrected chi connectivity index (χ2v) is 6.32. The molecule has 0 spiro atoms. The SMILES string of the molecule is O=C(COc1ccc(F)cc1F)N1CCN(CCc2ccccc2)CC1. The molecule has 0 radical (unpaired) electrons. The summed E-state index contributed by atoms with van der Waals surface area (Å²) in [5.74, 6) is -1.77. The molecule has 0 N–H and O–H groups in total. The molecule has 26 heavy (non-hydrogen) atoms. The van der Waals surface area contributed by atoms with Crippen molar-refractivity contribution in [1.82, 2.24) is 9.80 Å². The Kier molecular flexibility index (Phi) is 6.17. The lowest BCUT2D eigenvalue weighted by Crippen LogP contribution is -2.50. The summed E-state index contributed by atoms with van der Waals surface area (Å²) in [7, 11) is 0. The molecule has 1 aliphatic rings. The molecular formula is C20H22F2N2O2. The van der Waals surface area contributed by atoms with Crippen LogP contribution in [-0.4, -0.2) is 55.0 Å². The fourth-order valence-electron chi connectivity index (χ4n) is 2.98. The van der Waals surface area contributed by atoms with Gasteiger partial charge in [-0.05, 0) is 24.1 Å². The van der Waals surface area contributed by atoms with Crippen LogP contribution in [0.15, 0.2) is 48.5 Å². The number of piperazine rings is 1. The highest BCUT2D eigenvalue weighted by Gasteiger charge is 2.21. The van der Waals surface area contributed by atoms with E-state index in [1.807, 2.05) is 18.2 Å². The number of hydrogen-bond donors (Lipinski definition) is 0. The maximum absolute atomic E-state index is 13.5. The van der Waals surface area contributed by atoms with E-state index in [0.717, 1.165) is 38.2 Å². The summed E-state index contributed by atoms with van der Waals surface area (Å²) in [6.45, 7) is 3.59. The zero-order valence-corrected chi connectivity index (χ0v) is 14.5. The monoisotopic (exact) mass is 360 g/mol. The van der Waals surface area contributed by atoms with Crippen molar-refractivity contribution in [1.29, 1.82) is 0 Å². The van der Waals surface area contributed by atoms with Crippen LogP contribution in [0.25, 0.3) is 0 Å². The Bertz CT molecular complexity index is 732. The Morgan fingerprint density at radius 3 is 2.42 bits per heavy atom. The summed E-state index contributed by atoms with van der Waals surface area (Å²) >= 11 is 0. The molecule has 0 aliphatic carbocycles. The maximum Gasteiger partial charge on any atom is 0.260 e. The molecule has 3 rings (SSSR count). The van der Waals surface area contributed by atoms with Crippen molar-refractivity contribution in [2.24, 2.45) is 0 Å². The average Bonchev–Trinajstić information content (AvgIpc) is 2.67. The minimum atomic E-state index is -0.802. The molecule has 0 unspecified atom stereocenters. The molecule has 0 aromatic heterocycles. The van der Waals surface area contributed by atoms with Gasteiger partial charge in [0.05, 0.1) is 0 Å². The van der Waals surface area contributed by atoms with Crippen molar-refractivity contribution in [2.75, 3.05) is 39.3 Å². The molecule has 0 atom stereocenters. The van der Waals surface area contributed by atoms with E-state index < -0.39 is 11.6 Å². The lowest BCUT2D eigenvalue weighted by atomic mass is 10.1. The van der Waals surface area contributed by atoms with Gasteiger partial charge in [0.25, 0.3) is 5.91 Å². The molecule has 2 aromatic carbocycles. The Balaban J connectivity index is 1.40. The Hall–Kier alpha value is -2.47. The quantitative estimate of drug-likeness (QED) is 0.794. The highest BCUT2D eigenvalue weighted by atomic mass is 19.1. The average molecular weight is 360 g/mol. The van der Waals surface area contributed by atoms with Crippen molar-refractivity contribution in [3.05, 3.63) is 65.7 Å². The number of rotatable bonds is 6. The first-order valence-electron chi connectivity index (χ1n) is 8.74. The highest BCUT2D eigenvalue weighted by molar-refractivity contribution is 5.77. The normalized spacial score (nSPS) is 15.1. The second kappa shape index (κ2) is 8.76. The third kappa shape index (κ3) is 5.02. The van der Waals surface area contributed by atoms with Crippen molar-refractivity contribution in [2.45, 2.75) is 6.42 Å². The van der Waals surface area contributed by atoms with Gasteiger partial charge < -0.3 is 9.64 Å². The molecule has 0 saturated carbocycles. The Morgan fingerprint density at radius 2 is 1.73 bits per heavy atom. The molecule has 138 valence electrons. The van der Waals surface area contributed by atoms with Crippen molar-refractivity contribution in [3.63, 3.8) is 0 Å². The van der Waals surface area contributed by atoms with Gasteiger partial charge in [0, 0.05) is 38.8 Å². The van der Waals surface area contributed by atoms with Crippen LogP contribution in [0.3, 0.4) is 0 Å². The van der Waals surface area contributed by atoms with Crippen LogP contribution in [0.5, 0.6) is 5.75 Å². The summed E-state index contributed by atoms with van der Waals surface area (Å²) < 4.78 is 31.6. The van der Waals surface area contributed by atoms with Gasteiger partial charge in [-0.1, -0.05) is 30.3 Å². The van der Waals surface area contributed by atoms with Gasteiger partial charge in [-0.2, -0.15) is 0 Å². The third-order valence-electron chi connectivity index (χ3n) is 4.53. The van der Waals surface area contributed by atoms with E-state index in [0.29, 0.717) is 13.1 Å². The predicted octanol–water partition coefficient (Wildman–Crippen LogP) is 2.73. The Morgan fingerprint density at radius 1 is 1.00 bits per heavy atom. The van der Waals surface area contributed by atoms with E-state index in [1.165, 1.54) is 11.6 Å². The van der Waals surface area contributed by atoms with Gasteiger partial charge in [-0.3, -0.25) is 9.69 Å². The highest BCUT2D eigenvalue weighted by Crippen LogP contribution is 2.17. The van der Waals surface area contributed by atoms with Crippen molar-refractivity contribution >= 4 is 5.91 Å². The minimum absolute atomic E-state index is 0.110. The van der Waals surface area contributed by atoms with Gasteiger partial charge >= 0.3 is 0 Å². The van der Waals surface area contributed by atoms with Crippen LogP contribution in [0, 0.1) is 11.6 Å². The number of amides is 1. The summed E-state index contributed by atoms with van der Waals surface area (Å²) in [5, 5.41) is 0. The van der Waals surface area contributed by atoms with E-state index in [-0.39, 0.29) is 18.3 Å². The maximum atomic E-state index is 13.5. The fourth-order valence-corrected chi connectivity index (χ4v) is 2.98. The molecule has 2 aromatic rings. The number of carbonyl (C=O) groups excluding carboxylic acids is 1. The molecular weight excluding hydrogens is 338 g/mol. The molecule has 1 saturated heterocycles. The molecule has 1 aliphatic heterocycles. The molecule has 6 heteroatoms. The third-order valence-corrected chi connectivity index (χ3v) is 4.53. The lowest BCUT2D eigenvalue weighted by Gasteiger charge is -2.34. The molecule has 1 fully saturated rings. The number of nitrogens with zero attached hydrogens (tertiary/aromatic N) is 2. The lowest BCUT2D eigenvalue weighted by molar-refractivity contribution is -0.135. The van der Waals surface area contributed by atoms with E-state index in [1.54, 1.807) is 4.90 Å². The standard InChI is InChI=1S/C20H22F2N2O2/c21-17-6-7-19(18(22)14-17)26-15-20(25)24-12-10-23(11-13-24)9-8-16-4-2-1-3-5-16/h1-7,14H,8-13,15H2. The van der Waals surface area contributed by atoms with Crippen LogP contribution in [0.2, 0.25) is 0 Å². The van der Waals surface area contributed by atoms with E-state index >= 15 is 0 Å². The van der Waals surface area contributed by atoms with Crippen LogP contribution >= 0.6 is 0 Å². The summed E-state index contributed by atoms with van der Waals surface area (Å²) in [6, 6.07) is 13.4. The van der Waals surface area contributed by atoms with Crippen molar-refractivity contribution < 1.29 is 18.3 Å². The van der Waals surface area contributed by atoms with Gasteiger partial charge in [0.2, 0.25) is 0 Å². The summed E-state index contributed by atoms with van der Waals surface area (Å²) in [4.78, 5) is 16.3. The van der Waals surface area contributed by atoms with Crippen LogP contribution in [0.4, 0.5) is 8.78 Å². The van der Waals surface area contributed by atoms with Crippen molar-refractivity contribution in [3.8, 4) is 5.75 Å². The first-order valence-corrected chi connectivity index (χ1v) is 8.74. The van der Waals surface area contributed by atoms with E-state index in [4.69, 9.17) is 4.74 Å². The van der Waals surface area contributed by atoms with Gasteiger partial charge in [0.15, 0.2) is 18.2 Å². The Labute approximate surface area is 152 Å². The number of carbonyl (C=O) groups is 1. The summed E-state index contributed by atoms with van der Waals surface area (Å²) in [6.07, 6.45) is 0.988. The number of hydrogen-bond acceptors (Lipinski definition) is 3. The van der Waals surface area contributed by atoms with Gasteiger partial charge in [-0.25, -0.2) is 8.78 Å². The van der Waals surface area contributed by atoms with Crippen LogP contribution < -0.4 is 4.74 Å². The van der Waals surface area contributed by atoms with E-state index in [2.05, 4.69) is 17.0 Å². The molecule has 0 bridgehead atoms. The first-order chi connectivity index (χ1) is 12.6. The minimum Gasteiger partial charge on any atom is -0.481 e. The first kappa shape index (κ1) is 18.3. The van der Waals surface area contributed by atoms with Gasteiger partial charge in [0.1, 0.15) is 5.82 Å². The number of halogens is 2. The van der Waals surface area contributed by atoms with Crippen LogP contribution in [-0.2, 0) is 11.2 Å². The zero-order valence-electron chi connectivity index (χ0n) is 14.5. The number of benzene rings is 2. The molecule has 4 nitrogen and oxygen atoms in total. The largest absolute Gasteiger partial charge is 0.481 e. The number of ether oxygens (including phenoxy) is 1. The topological polar surface area (TPSA) is 32.8 Å². The predicted molar refractivity (Wildman–Crippen MR) is 95.0 cm³/mol. The summed E-state index contributed by atoms with van der Waals surface area (Å²) in [5.41, 5.74) is 1.31. The van der Waals surface area contributed by atoms with Crippen LogP contribution in [0.1, 0.15) is 5.56 Å². The smallest absolute Gasteiger partial charge is 0.260 e.